The Labute approximate surface area is 257 Å². The van der Waals surface area contributed by atoms with E-state index in [9.17, 15) is 24.0 Å². The van der Waals surface area contributed by atoms with Gasteiger partial charge in [0.15, 0.2) is 0 Å². The summed E-state index contributed by atoms with van der Waals surface area (Å²) >= 11 is 0. The summed E-state index contributed by atoms with van der Waals surface area (Å²) in [6.07, 6.45) is 10.3. The summed E-state index contributed by atoms with van der Waals surface area (Å²) in [6.45, 7) is 7.74. The van der Waals surface area contributed by atoms with Gasteiger partial charge in [0.2, 0.25) is 5.91 Å². The molecule has 1 aromatic heterocycles. The predicted molar refractivity (Wildman–Crippen MR) is 163 cm³/mol. The number of carbonyl (C=O) groups is 5. The van der Waals surface area contributed by atoms with Crippen LogP contribution in [0.4, 0.5) is 5.69 Å². The molecule has 3 aliphatic heterocycles. The second kappa shape index (κ2) is 11.9. The van der Waals surface area contributed by atoms with Crippen molar-refractivity contribution in [3.8, 4) is 0 Å². The van der Waals surface area contributed by atoms with Gasteiger partial charge in [-0.15, -0.1) is 0 Å². The molecule has 3 fully saturated rings. The number of piperidine rings is 1. The van der Waals surface area contributed by atoms with Crippen LogP contribution in [-0.4, -0.2) is 95.2 Å². The number of hydrogen-bond donors (Lipinski definition) is 1. The zero-order valence-electron chi connectivity index (χ0n) is 25.8. The van der Waals surface area contributed by atoms with Crippen LogP contribution in [0.2, 0.25) is 0 Å². The van der Waals surface area contributed by atoms with E-state index in [0.29, 0.717) is 41.2 Å². The summed E-state index contributed by atoms with van der Waals surface area (Å²) in [7, 11) is 1.46. The molecule has 1 N–H and O–H groups in total. The molecule has 11 heteroatoms. The van der Waals surface area contributed by atoms with E-state index in [-0.39, 0.29) is 12.8 Å². The average molecular weight is 603 g/mol. The Bertz CT molecular complexity index is 1450. The van der Waals surface area contributed by atoms with Crippen LogP contribution in [0.15, 0.2) is 30.6 Å². The van der Waals surface area contributed by atoms with Crippen molar-refractivity contribution in [2.45, 2.75) is 75.9 Å². The fraction of sp³-hybridized carbons (Fsp3) is 0.576. The number of fused-ring (bicyclic) bond motifs is 2. The largest absolute Gasteiger partial charge is 0.371 e. The van der Waals surface area contributed by atoms with E-state index >= 15 is 0 Å². The van der Waals surface area contributed by atoms with Gasteiger partial charge in [0.1, 0.15) is 24.2 Å². The third-order valence-corrected chi connectivity index (χ3v) is 10.4. The van der Waals surface area contributed by atoms with Crippen LogP contribution in [0.5, 0.6) is 0 Å². The summed E-state index contributed by atoms with van der Waals surface area (Å²) < 4.78 is 1.77. The van der Waals surface area contributed by atoms with Gasteiger partial charge in [-0.2, -0.15) is 5.10 Å². The fourth-order valence-electron chi connectivity index (χ4n) is 7.79. The van der Waals surface area contributed by atoms with Gasteiger partial charge >= 0.3 is 0 Å². The molecule has 3 unspecified atom stereocenters. The van der Waals surface area contributed by atoms with Gasteiger partial charge in [-0.3, -0.25) is 24.0 Å². The molecule has 0 bridgehead atoms. The van der Waals surface area contributed by atoms with E-state index in [1.54, 1.807) is 16.8 Å². The number of likely N-dealkylation sites (tertiary alicyclic amines) is 1. The Morgan fingerprint density at radius 3 is 2.39 bits per heavy atom. The van der Waals surface area contributed by atoms with Crippen molar-refractivity contribution in [2.75, 3.05) is 38.1 Å². The minimum atomic E-state index is -1.01. The van der Waals surface area contributed by atoms with Crippen molar-refractivity contribution >= 4 is 36.0 Å². The Morgan fingerprint density at radius 2 is 1.75 bits per heavy atom. The second-order valence-corrected chi connectivity index (χ2v) is 13.4. The highest BCUT2D eigenvalue weighted by Gasteiger charge is 2.45. The Hall–Kier alpha value is -3.86. The molecule has 0 spiro atoms. The lowest BCUT2D eigenvalue weighted by atomic mass is 9.90. The number of hydrogen-bond acceptors (Lipinski definition) is 8. The SMILES string of the molecule is CNC(=O)C(CCC=O)N1C(=O)c2ccc(N3CC4CC(N5CCC(c6cnn(C(C)(C)C=O)c6)CC5)CC4C3)cc2C1=O. The summed E-state index contributed by atoms with van der Waals surface area (Å²) in [5.41, 5.74) is 2.16. The lowest BCUT2D eigenvalue weighted by Gasteiger charge is -2.36. The standard InChI is InChI=1S/C33H42N6O5/c1-33(2,20-41)38-19-24(16-35-38)21-8-10-36(11-9-21)26-13-22-17-37(18-23(22)14-26)25-6-7-27-28(15-25)32(44)39(31(27)43)29(5-4-12-40)30(42)34-3/h6-7,12,15-16,19-23,26,29H,4-5,8-11,13-14,17-18H2,1-3H3,(H,34,42). The highest BCUT2D eigenvalue weighted by molar-refractivity contribution is 6.23. The van der Waals surface area contributed by atoms with Gasteiger partial charge in [-0.25, -0.2) is 0 Å². The smallest absolute Gasteiger partial charge is 0.262 e. The van der Waals surface area contributed by atoms with Crippen molar-refractivity contribution in [1.29, 1.82) is 0 Å². The fourth-order valence-corrected chi connectivity index (χ4v) is 7.79. The first-order chi connectivity index (χ1) is 21.1. The highest BCUT2D eigenvalue weighted by Crippen LogP contribution is 2.43. The molecule has 2 saturated heterocycles. The molecule has 6 rings (SSSR count). The molecular formula is C33H42N6O5. The summed E-state index contributed by atoms with van der Waals surface area (Å²) in [4.78, 5) is 67.5. The minimum absolute atomic E-state index is 0.0823. The van der Waals surface area contributed by atoms with Gasteiger partial charge in [0.05, 0.1) is 17.3 Å². The number of imide groups is 1. The van der Waals surface area contributed by atoms with Gasteiger partial charge < -0.3 is 24.7 Å². The summed E-state index contributed by atoms with van der Waals surface area (Å²) in [5, 5.41) is 6.98. The number of amides is 3. The van der Waals surface area contributed by atoms with E-state index in [0.717, 1.165) is 68.7 Å². The number of nitrogens with one attached hydrogen (secondary N) is 1. The van der Waals surface area contributed by atoms with Crippen molar-refractivity contribution in [2.24, 2.45) is 11.8 Å². The lowest BCUT2D eigenvalue weighted by Crippen LogP contribution is -2.48. The third-order valence-electron chi connectivity index (χ3n) is 10.4. The molecule has 44 heavy (non-hydrogen) atoms. The Kier molecular flexibility index (Phi) is 8.17. The first-order valence-corrected chi connectivity index (χ1v) is 15.8. The normalized spacial score (nSPS) is 24.8. The van der Waals surface area contributed by atoms with Gasteiger partial charge in [0.25, 0.3) is 11.8 Å². The summed E-state index contributed by atoms with van der Waals surface area (Å²) in [6, 6.07) is 5.00. The van der Waals surface area contributed by atoms with Gasteiger partial charge in [0, 0.05) is 44.5 Å². The number of aldehydes is 2. The van der Waals surface area contributed by atoms with Crippen LogP contribution < -0.4 is 10.2 Å². The van der Waals surface area contributed by atoms with Crippen LogP contribution in [0.25, 0.3) is 0 Å². The average Bonchev–Trinajstić information content (AvgIpc) is 3.81. The first kappa shape index (κ1) is 30.2. The van der Waals surface area contributed by atoms with Crippen LogP contribution in [0.1, 0.15) is 84.6 Å². The second-order valence-electron chi connectivity index (χ2n) is 13.4. The highest BCUT2D eigenvalue weighted by atomic mass is 16.2. The monoisotopic (exact) mass is 602 g/mol. The molecule has 1 aliphatic carbocycles. The molecule has 1 saturated carbocycles. The molecule has 3 amide bonds. The van der Waals surface area contributed by atoms with Crippen LogP contribution in [-0.2, 0) is 19.9 Å². The number of carbonyl (C=O) groups excluding carboxylic acids is 5. The molecule has 11 nitrogen and oxygen atoms in total. The lowest BCUT2D eigenvalue weighted by molar-refractivity contribution is -0.124. The van der Waals surface area contributed by atoms with Gasteiger partial charge in [-0.05, 0) is 101 Å². The first-order valence-electron chi connectivity index (χ1n) is 15.8. The van der Waals surface area contributed by atoms with Crippen LogP contribution in [0.3, 0.4) is 0 Å². The number of benzene rings is 1. The van der Waals surface area contributed by atoms with E-state index in [1.165, 1.54) is 12.6 Å². The molecule has 3 atom stereocenters. The van der Waals surface area contributed by atoms with E-state index < -0.39 is 29.3 Å². The molecular weight excluding hydrogens is 560 g/mol. The third kappa shape index (κ3) is 5.35. The predicted octanol–water partition coefficient (Wildman–Crippen LogP) is 2.60. The molecule has 234 valence electrons. The number of aromatic nitrogens is 2. The van der Waals surface area contributed by atoms with E-state index in [1.807, 2.05) is 32.3 Å². The maximum Gasteiger partial charge on any atom is 0.262 e. The zero-order valence-corrected chi connectivity index (χ0v) is 25.8. The number of anilines is 1. The topological polar surface area (TPSA) is 125 Å². The van der Waals surface area contributed by atoms with E-state index in [2.05, 4.69) is 20.2 Å². The molecule has 2 aromatic rings. The molecule has 4 heterocycles. The molecule has 0 radical (unpaired) electrons. The maximum atomic E-state index is 13.4. The molecule has 1 aromatic carbocycles. The number of nitrogens with zero attached hydrogens (tertiary/aromatic N) is 5. The van der Waals surface area contributed by atoms with Crippen molar-refractivity contribution in [1.82, 2.24) is 24.9 Å². The maximum absolute atomic E-state index is 13.4. The minimum Gasteiger partial charge on any atom is -0.371 e. The van der Waals surface area contributed by atoms with Crippen molar-refractivity contribution < 1.29 is 24.0 Å². The van der Waals surface area contributed by atoms with Crippen LogP contribution in [0, 0.1) is 11.8 Å². The number of likely N-dealkylation sites (N-methyl/N-ethyl adjacent to an activating group) is 1. The number of rotatable bonds is 10. The van der Waals surface area contributed by atoms with Crippen LogP contribution >= 0.6 is 0 Å². The quantitative estimate of drug-likeness (QED) is 0.325. The summed E-state index contributed by atoms with van der Waals surface area (Å²) in [5.74, 6) is 0.228. The van der Waals surface area contributed by atoms with Gasteiger partial charge in [-0.1, -0.05) is 0 Å². The Morgan fingerprint density at radius 1 is 1.07 bits per heavy atom. The molecule has 4 aliphatic rings. The van der Waals surface area contributed by atoms with Crippen molar-refractivity contribution in [3.63, 3.8) is 0 Å². The zero-order chi connectivity index (χ0) is 31.2. The van der Waals surface area contributed by atoms with E-state index in [4.69, 9.17) is 0 Å². The Balaban J connectivity index is 1.05. The van der Waals surface area contributed by atoms with Crippen molar-refractivity contribution in [3.05, 3.63) is 47.3 Å².